The number of benzene rings is 1. The van der Waals surface area contributed by atoms with Crippen LogP contribution in [0.3, 0.4) is 0 Å². The highest BCUT2D eigenvalue weighted by atomic mass is 79.9. The smallest absolute Gasteiger partial charge is 0.267 e. The molecule has 0 N–H and O–H groups in total. The van der Waals surface area contributed by atoms with Gasteiger partial charge >= 0.3 is 0 Å². The van der Waals surface area contributed by atoms with Gasteiger partial charge in [0, 0.05) is 11.5 Å². The Morgan fingerprint density at radius 3 is 2.83 bits per heavy atom. The topological polar surface area (TPSA) is 61.2 Å². The number of halogens is 1. The molecule has 2 aromatic rings. The van der Waals surface area contributed by atoms with Gasteiger partial charge in [-0.2, -0.15) is 8.42 Å². The summed E-state index contributed by atoms with van der Waals surface area (Å²) in [7, 11) is -1.61. The molecular formula is C11H13BrN2O3S. The molecule has 0 unspecified atom stereocenters. The summed E-state index contributed by atoms with van der Waals surface area (Å²) < 4.78 is 30.2. The molecule has 0 fully saturated rings. The molecule has 0 saturated heterocycles. The molecular weight excluding hydrogens is 320 g/mol. The third kappa shape index (κ3) is 2.73. The second kappa shape index (κ2) is 4.99. The standard InChI is InChI=1S/C11H13BrN2O3S/c1-3-18(15,16)17-7-11-13-9-5-4-8(12)6-10(9)14(11)2/h4-6H,3,7H2,1-2H3. The number of imidazole rings is 1. The summed E-state index contributed by atoms with van der Waals surface area (Å²) >= 11 is 3.39. The SMILES string of the molecule is CCS(=O)(=O)OCc1nc2ccc(Br)cc2n1C. The van der Waals surface area contributed by atoms with Crippen LogP contribution in [0.4, 0.5) is 0 Å². The molecule has 0 bridgehead atoms. The first-order valence-corrected chi connectivity index (χ1v) is 7.78. The molecule has 0 saturated carbocycles. The number of fused-ring (bicyclic) bond motifs is 1. The largest absolute Gasteiger partial charge is 0.329 e. The van der Waals surface area contributed by atoms with E-state index < -0.39 is 10.1 Å². The van der Waals surface area contributed by atoms with Gasteiger partial charge in [0.2, 0.25) is 0 Å². The van der Waals surface area contributed by atoms with Crippen molar-refractivity contribution < 1.29 is 12.6 Å². The van der Waals surface area contributed by atoms with E-state index in [1.807, 2.05) is 29.8 Å². The lowest BCUT2D eigenvalue weighted by atomic mass is 10.3. The van der Waals surface area contributed by atoms with Crippen molar-refractivity contribution in [2.45, 2.75) is 13.5 Å². The van der Waals surface area contributed by atoms with Crippen molar-refractivity contribution in [2.75, 3.05) is 5.75 Å². The van der Waals surface area contributed by atoms with Gasteiger partial charge in [-0.25, -0.2) is 4.98 Å². The van der Waals surface area contributed by atoms with Gasteiger partial charge in [-0.3, -0.25) is 4.18 Å². The minimum Gasteiger partial charge on any atom is -0.329 e. The third-order valence-corrected chi connectivity index (χ3v) is 4.33. The maximum atomic E-state index is 11.3. The summed E-state index contributed by atoms with van der Waals surface area (Å²) in [6, 6.07) is 5.69. The van der Waals surface area contributed by atoms with E-state index in [0.29, 0.717) is 5.82 Å². The molecule has 98 valence electrons. The van der Waals surface area contributed by atoms with Gasteiger partial charge in [0.15, 0.2) is 0 Å². The van der Waals surface area contributed by atoms with Crippen LogP contribution in [0.2, 0.25) is 0 Å². The zero-order valence-electron chi connectivity index (χ0n) is 10.1. The van der Waals surface area contributed by atoms with E-state index in [9.17, 15) is 8.42 Å². The summed E-state index contributed by atoms with van der Waals surface area (Å²) in [4.78, 5) is 4.34. The lowest BCUT2D eigenvalue weighted by Gasteiger charge is -2.03. The molecule has 0 radical (unpaired) electrons. The summed E-state index contributed by atoms with van der Waals surface area (Å²) in [6.45, 7) is 1.50. The van der Waals surface area contributed by atoms with Gasteiger partial charge in [0.1, 0.15) is 12.4 Å². The monoisotopic (exact) mass is 332 g/mol. The predicted octanol–water partition coefficient (Wildman–Crippen LogP) is 2.20. The Balaban J connectivity index is 2.32. The molecule has 1 aromatic heterocycles. The number of rotatable bonds is 4. The average molecular weight is 333 g/mol. The van der Waals surface area contributed by atoms with Crippen molar-refractivity contribution in [3.05, 3.63) is 28.5 Å². The molecule has 0 aliphatic carbocycles. The lowest BCUT2D eigenvalue weighted by molar-refractivity contribution is 0.296. The van der Waals surface area contributed by atoms with E-state index in [0.717, 1.165) is 15.5 Å². The van der Waals surface area contributed by atoms with E-state index in [4.69, 9.17) is 4.18 Å². The number of hydrogen-bond acceptors (Lipinski definition) is 4. The van der Waals surface area contributed by atoms with E-state index in [1.54, 1.807) is 6.92 Å². The highest BCUT2D eigenvalue weighted by Gasteiger charge is 2.12. The lowest BCUT2D eigenvalue weighted by Crippen LogP contribution is -2.10. The van der Waals surface area contributed by atoms with Gasteiger partial charge in [-0.15, -0.1) is 0 Å². The van der Waals surface area contributed by atoms with Crippen LogP contribution in [-0.2, 0) is 28.0 Å². The fourth-order valence-corrected chi connectivity index (χ4v) is 2.37. The first-order valence-electron chi connectivity index (χ1n) is 5.41. The van der Waals surface area contributed by atoms with Crippen molar-refractivity contribution in [1.82, 2.24) is 9.55 Å². The fourth-order valence-electron chi connectivity index (χ4n) is 1.57. The minimum atomic E-state index is -3.44. The van der Waals surface area contributed by atoms with Gasteiger partial charge in [0.05, 0.1) is 16.8 Å². The second-order valence-electron chi connectivity index (χ2n) is 3.83. The fraction of sp³-hybridized carbons (Fsp3) is 0.364. The first-order chi connectivity index (χ1) is 8.43. The number of nitrogens with zero attached hydrogens (tertiary/aromatic N) is 2. The summed E-state index contributed by atoms with van der Waals surface area (Å²) in [6.07, 6.45) is 0. The Bertz CT molecular complexity index is 679. The van der Waals surface area contributed by atoms with E-state index in [2.05, 4.69) is 20.9 Å². The number of aryl methyl sites for hydroxylation is 1. The van der Waals surface area contributed by atoms with Gasteiger partial charge < -0.3 is 4.57 Å². The Labute approximate surface area is 114 Å². The van der Waals surface area contributed by atoms with Crippen LogP contribution in [-0.4, -0.2) is 23.7 Å². The van der Waals surface area contributed by atoms with Crippen molar-refractivity contribution in [2.24, 2.45) is 7.05 Å². The van der Waals surface area contributed by atoms with Crippen LogP contribution in [0.1, 0.15) is 12.7 Å². The highest BCUT2D eigenvalue weighted by molar-refractivity contribution is 9.10. The summed E-state index contributed by atoms with van der Waals surface area (Å²) in [5, 5.41) is 0. The molecule has 2 rings (SSSR count). The number of aromatic nitrogens is 2. The molecule has 1 heterocycles. The first kappa shape index (κ1) is 13.5. The number of hydrogen-bond donors (Lipinski definition) is 0. The van der Waals surface area contributed by atoms with Crippen molar-refractivity contribution in [3.63, 3.8) is 0 Å². The Kier molecular flexibility index (Phi) is 3.74. The normalized spacial score (nSPS) is 12.2. The van der Waals surface area contributed by atoms with E-state index >= 15 is 0 Å². The zero-order chi connectivity index (χ0) is 13.3. The molecule has 0 aliphatic heterocycles. The van der Waals surface area contributed by atoms with Crippen LogP contribution in [0.25, 0.3) is 11.0 Å². The third-order valence-electron chi connectivity index (χ3n) is 2.66. The Hall–Kier alpha value is -0.920. The zero-order valence-corrected chi connectivity index (χ0v) is 12.5. The molecule has 0 amide bonds. The van der Waals surface area contributed by atoms with Crippen LogP contribution >= 0.6 is 15.9 Å². The molecule has 0 aliphatic rings. The van der Waals surface area contributed by atoms with Crippen LogP contribution in [0.15, 0.2) is 22.7 Å². The minimum absolute atomic E-state index is 0.0392. The molecule has 0 spiro atoms. The van der Waals surface area contributed by atoms with Crippen molar-refractivity contribution in [3.8, 4) is 0 Å². The van der Waals surface area contributed by atoms with Crippen LogP contribution in [0, 0.1) is 0 Å². The predicted molar refractivity (Wildman–Crippen MR) is 72.7 cm³/mol. The molecule has 0 atom stereocenters. The quantitative estimate of drug-likeness (QED) is 0.805. The molecule has 5 nitrogen and oxygen atoms in total. The maximum Gasteiger partial charge on any atom is 0.267 e. The Morgan fingerprint density at radius 1 is 1.44 bits per heavy atom. The van der Waals surface area contributed by atoms with Crippen molar-refractivity contribution in [1.29, 1.82) is 0 Å². The highest BCUT2D eigenvalue weighted by Crippen LogP contribution is 2.20. The average Bonchev–Trinajstić information content (AvgIpc) is 2.64. The van der Waals surface area contributed by atoms with Crippen LogP contribution in [0.5, 0.6) is 0 Å². The van der Waals surface area contributed by atoms with Crippen molar-refractivity contribution >= 4 is 37.1 Å². The van der Waals surface area contributed by atoms with Gasteiger partial charge in [0.25, 0.3) is 10.1 Å². The van der Waals surface area contributed by atoms with Gasteiger partial charge in [-0.05, 0) is 25.1 Å². The molecule has 1 aromatic carbocycles. The Morgan fingerprint density at radius 2 is 2.17 bits per heavy atom. The van der Waals surface area contributed by atoms with E-state index in [-0.39, 0.29) is 12.4 Å². The van der Waals surface area contributed by atoms with Gasteiger partial charge in [-0.1, -0.05) is 15.9 Å². The second-order valence-corrected chi connectivity index (χ2v) is 6.67. The summed E-state index contributed by atoms with van der Waals surface area (Å²) in [5.41, 5.74) is 1.74. The summed E-state index contributed by atoms with van der Waals surface area (Å²) in [5.74, 6) is 0.544. The molecule has 7 heteroatoms. The maximum absolute atomic E-state index is 11.3. The van der Waals surface area contributed by atoms with E-state index in [1.165, 1.54) is 0 Å². The van der Waals surface area contributed by atoms with Crippen LogP contribution < -0.4 is 0 Å². The molecule has 18 heavy (non-hydrogen) atoms.